The predicted octanol–water partition coefficient (Wildman–Crippen LogP) is 2.53. The van der Waals surface area contributed by atoms with Crippen molar-refractivity contribution < 1.29 is 0 Å². The average Bonchev–Trinajstić information content (AvgIpc) is 3.09. The first-order valence-electron chi connectivity index (χ1n) is 5.84. The van der Waals surface area contributed by atoms with Crippen LogP contribution in [0.25, 0.3) is 10.9 Å². The Kier molecular flexibility index (Phi) is 2.18. The average molecular weight is 212 g/mol. The van der Waals surface area contributed by atoms with Crippen molar-refractivity contribution in [2.45, 2.75) is 24.8 Å². The standard InChI is InChI=1S/C14H16N2/c1-15-14(6-7-14)10-11-4-5-13-12(9-11)3-2-8-16-13/h2-5,8-9,15H,6-7,10H2,1H3. The molecule has 3 rings (SSSR count). The molecule has 1 aliphatic rings. The molecule has 1 saturated carbocycles. The van der Waals surface area contributed by atoms with E-state index in [1.807, 2.05) is 12.3 Å². The molecule has 1 heterocycles. The summed E-state index contributed by atoms with van der Waals surface area (Å²) in [6.07, 6.45) is 5.58. The predicted molar refractivity (Wildman–Crippen MR) is 66.5 cm³/mol. The van der Waals surface area contributed by atoms with Gasteiger partial charge < -0.3 is 5.32 Å². The molecule has 2 nitrogen and oxygen atoms in total. The summed E-state index contributed by atoms with van der Waals surface area (Å²) in [7, 11) is 2.07. The van der Waals surface area contributed by atoms with E-state index in [2.05, 4.69) is 41.6 Å². The minimum Gasteiger partial charge on any atom is -0.314 e. The second-order valence-corrected chi connectivity index (χ2v) is 4.74. The molecule has 0 atom stereocenters. The van der Waals surface area contributed by atoms with E-state index in [1.54, 1.807) is 0 Å². The molecular weight excluding hydrogens is 196 g/mol. The van der Waals surface area contributed by atoms with Crippen LogP contribution in [-0.2, 0) is 6.42 Å². The van der Waals surface area contributed by atoms with E-state index < -0.39 is 0 Å². The molecule has 82 valence electrons. The van der Waals surface area contributed by atoms with Gasteiger partial charge in [0.1, 0.15) is 0 Å². The monoisotopic (exact) mass is 212 g/mol. The Balaban J connectivity index is 1.93. The zero-order valence-electron chi connectivity index (χ0n) is 9.53. The number of rotatable bonds is 3. The number of nitrogens with zero attached hydrogens (tertiary/aromatic N) is 1. The molecule has 0 bridgehead atoms. The first-order chi connectivity index (χ1) is 7.81. The summed E-state index contributed by atoms with van der Waals surface area (Å²) in [6, 6.07) is 10.7. The maximum absolute atomic E-state index is 4.34. The molecule has 16 heavy (non-hydrogen) atoms. The van der Waals surface area contributed by atoms with E-state index >= 15 is 0 Å². The van der Waals surface area contributed by atoms with Crippen LogP contribution in [0.5, 0.6) is 0 Å². The first kappa shape index (κ1) is 9.79. The highest BCUT2D eigenvalue weighted by molar-refractivity contribution is 5.78. The van der Waals surface area contributed by atoms with Gasteiger partial charge in [-0.15, -0.1) is 0 Å². The number of nitrogens with one attached hydrogen (secondary N) is 1. The third-order valence-corrected chi connectivity index (χ3v) is 3.59. The molecule has 0 radical (unpaired) electrons. The largest absolute Gasteiger partial charge is 0.314 e. The fourth-order valence-electron chi connectivity index (χ4n) is 2.29. The second-order valence-electron chi connectivity index (χ2n) is 4.74. The van der Waals surface area contributed by atoms with E-state index in [9.17, 15) is 0 Å². The molecular formula is C14H16N2. The van der Waals surface area contributed by atoms with Gasteiger partial charge in [-0.25, -0.2) is 0 Å². The lowest BCUT2D eigenvalue weighted by atomic mass is 10.0. The van der Waals surface area contributed by atoms with Gasteiger partial charge in [0.25, 0.3) is 0 Å². The van der Waals surface area contributed by atoms with Crippen molar-refractivity contribution in [2.24, 2.45) is 0 Å². The number of pyridine rings is 1. The number of hydrogen-bond acceptors (Lipinski definition) is 2. The van der Waals surface area contributed by atoms with Crippen LogP contribution in [0.15, 0.2) is 36.5 Å². The van der Waals surface area contributed by atoms with E-state index in [1.165, 1.54) is 23.8 Å². The molecule has 1 aromatic heterocycles. The van der Waals surface area contributed by atoms with Crippen molar-refractivity contribution in [3.05, 3.63) is 42.1 Å². The van der Waals surface area contributed by atoms with Crippen LogP contribution in [0.2, 0.25) is 0 Å². The lowest BCUT2D eigenvalue weighted by Crippen LogP contribution is -2.29. The summed E-state index contributed by atoms with van der Waals surface area (Å²) in [5, 5.41) is 4.68. The highest BCUT2D eigenvalue weighted by Gasteiger charge is 2.40. The molecule has 1 aliphatic carbocycles. The fourth-order valence-corrected chi connectivity index (χ4v) is 2.29. The Morgan fingerprint density at radius 2 is 2.19 bits per heavy atom. The van der Waals surface area contributed by atoms with Gasteiger partial charge in [-0.3, -0.25) is 4.98 Å². The van der Waals surface area contributed by atoms with Crippen LogP contribution in [0.1, 0.15) is 18.4 Å². The molecule has 1 aromatic carbocycles. The van der Waals surface area contributed by atoms with Crippen molar-refractivity contribution in [3.8, 4) is 0 Å². The van der Waals surface area contributed by atoms with Gasteiger partial charge in [0.2, 0.25) is 0 Å². The number of hydrogen-bond donors (Lipinski definition) is 1. The van der Waals surface area contributed by atoms with Crippen molar-refractivity contribution in [1.29, 1.82) is 0 Å². The Hall–Kier alpha value is -1.41. The number of benzene rings is 1. The molecule has 1 fully saturated rings. The van der Waals surface area contributed by atoms with Crippen LogP contribution in [0.3, 0.4) is 0 Å². The Labute approximate surface area is 95.7 Å². The molecule has 1 N–H and O–H groups in total. The highest BCUT2D eigenvalue weighted by Crippen LogP contribution is 2.38. The highest BCUT2D eigenvalue weighted by atomic mass is 15.0. The van der Waals surface area contributed by atoms with Crippen molar-refractivity contribution in [2.75, 3.05) is 7.05 Å². The van der Waals surface area contributed by atoms with Gasteiger partial charge in [0.05, 0.1) is 5.52 Å². The van der Waals surface area contributed by atoms with E-state index in [-0.39, 0.29) is 0 Å². The minimum absolute atomic E-state index is 0.385. The van der Waals surface area contributed by atoms with Crippen molar-refractivity contribution in [1.82, 2.24) is 10.3 Å². The summed E-state index contributed by atoms with van der Waals surface area (Å²) in [4.78, 5) is 4.34. The molecule has 2 aromatic rings. The summed E-state index contributed by atoms with van der Waals surface area (Å²) in [5.74, 6) is 0. The normalized spacial score (nSPS) is 17.6. The van der Waals surface area contributed by atoms with Crippen LogP contribution >= 0.6 is 0 Å². The third-order valence-electron chi connectivity index (χ3n) is 3.59. The maximum Gasteiger partial charge on any atom is 0.0702 e. The number of fused-ring (bicyclic) bond motifs is 1. The number of aromatic nitrogens is 1. The van der Waals surface area contributed by atoms with E-state index in [4.69, 9.17) is 0 Å². The zero-order valence-corrected chi connectivity index (χ0v) is 9.53. The maximum atomic E-state index is 4.34. The zero-order chi connectivity index (χ0) is 11.0. The first-order valence-corrected chi connectivity index (χ1v) is 5.84. The van der Waals surface area contributed by atoms with Gasteiger partial charge in [-0.2, -0.15) is 0 Å². The van der Waals surface area contributed by atoms with Gasteiger partial charge in [-0.1, -0.05) is 12.1 Å². The molecule has 0 unspecified atom stereocenters. The van der Waals surface area contributed by atoms with E-state index in [0.29, 0.717) is 5.54 Å². The van der Waals surface area contributed by atoms with Crippen LogP contribution in [-0.4, -0.2) is 17.6 Å². The Morgan fingerprint density at radius 3 is 2.94 bits per heavy atom. The second kappa shape index (κ2) is 3.56. The van der Waals surface area contributed by atoms with Gasteiger partial charge in [0, 0.05) is 17.1 Å². The fraction of sp³-hybridized carbons (Fsp3) is 0.357. The van der Waals surface area contributed by atoms with Crippen LogP contribution in [0.4, 0.5) is 0 Å². The van der Waals surface area contributed by atoms with Crippen LogP contribution in [0, 0.1) is 0 Å². The lowest BCUT2D eigenvalue weighted by Gasteiger charge is -2.14. The van der Waals surface area contributed by atoms with Gasteiger partial charge in [-0.05, 0) is 50.1 Å². The quantitative estimate of drug-likeness (QED) is 0.845. The third kappa shape index (κ3) is 1.69. The van der Waals surface area contributed by atoms with Crippen molar-refractivity contribution >= 4 is 10.9 Å². The molecule has 0 spiro atoms. The van der Waals surface area contributed by atoms with Gasteiger partial charge in [0.15, 0.2) is 0 Å². The Morgan fingerprint density at radius 1 is 1.31 bits per heavy atom. The van der Waals surface area contributed by atoms with E-state index in [0.717, 1.165) is 11.9 Å². The SMILES string of the molecule is CNC1(Cc2ccc3ncccc3c2)CC1. The molecule has 0 aliphatic heterocycles. The molecule has 0 amide bonds. The number of likely N-dealkylation sites (N-methyl/N-ethyl adjacent to an activating group) is 1. The summed E-state index contributed by atoms with van der Waals surface area (Å²) in [6.45, 7) is 0. The summed E-state index contributed by atoms with van der Waals surface area (Å²) < 4.78 is 0. The minimum atomic E-state index is 0.385. The van der Waals surface area contributed by atoms with Crippen LogP contribution < -0.4 is 5.32 Å². The summed E-state index contributed by atoms with van der Waals surface area (Å²) >= 11 is 0. The molecule has 0 saturated heterocycles. The topological polar surface area (TPSA) is 24.9 Å². The smallest absolute Gasteiger partial charge is 0.0702 e. The summed E-state index contributed by atoms with van der Waals surface area (Å²) in [5.41, 5.74) is 2.88. The van der Waals surface area contributed by atoms with Crippen molar-refractivity contribution in [3.63, 3.8) is 0 Å². The lowest BCUT2D eigenvalue weighted by molar-refractivity contribution is 0.549. The van der Waals surface area contributed by atoms with Gasteiger partial charge >= 0.3 is 0 Å². The molecule has 2 heteroatoms. The Bertz CT molecular complexity index is 515.